The molecule has 4 rings (SSSR count). The Balaban J connectivity index is 1.42. The lowest BCUT2D eigenvalue weighted by molar-refractivity contribution is 0.0708. The highest BCUT2D eigenvalue weighted by molar-refractivity contribution is 7.07. The van der Waals surface area contributed by atoms with Crippen LogP contribution in [0.25, 0.3) is 0 Å². The normalized spacial score (nSPS) is 15.3. The second-order valence-corrected chi connectivity index (χ2v) is 7.20. The third-order valence-electron chi connectivity index (χ3n) is 4.85. The lowest BCUT2D eigenvalue weighted by Crippen LogP contribution is -2.38. The summed E-state index contributed by atoms with van der Waals surface area (Å²) in [4.78, 5) is 31.7. The van der Waals surface area contributed by atoms with E-state index in [1.165, 1.54) is 6.33 Å². The van der Waals surface area contributed by atoms with Gasteiger partial charge in [0.05, 0.1) is 29.0 Å². The number of piperidine rings is 1. The third kappa shape index (κ3) is 3.37. The monoisotopic (exact) mass is 368 g/mol. The number of hydrogen-bond acceptors (Lipinski definition) is 6. The van der Waals surface area contributed by atoms with E-state index in [2.05, 4.69) is 29.9 Å². The molecule has 1 saturated heterocycles. The number of aromatic nitrogens is 5. The predicted molar refractivity (Wildman–Crippen MR) is 98.1 cm³/mol. The van der Waals surface area contributed by atoms with E-state index < -0.39 is 0 Å². The molecule has 8 heteroatoms. The number of likely N-dealkylation sites (tertiary alicyclic amines) is 1. The number of amides is 1. The van der Waals surface area contributed by atoms with Crippen LogP contribution in [0, 0.1) is 6.92 Å². The van der Waals surface area contributed by atoms with Crippen molar-refractivity contribution >= 4 is 17.2 Å². The molecule has 1 aliphatic rings. The largest absolute Gasteiger partial charge is 0.338 e. The average molecular weight is 368 g/mol. The van der Waals surface area contributed by atoms with E-state index >= 15 is 0 Å². The van der Waals surface area contributed by atoms with E-state index in [0.29, 0.717) is 11.5 Å². The van der Waals surface area contributed by atoms with Gasteiger partial charge in [-0.25, -0.2) is 19.9 Å². The van der Waals surface area contributed by atoms with Gasteiger partial charge in [0.1, 0.15) is 12.2 Å². The molecule has 0 unspecified atom stereocenters. The van der Waals surface area contributed by atoms with Crippen LogP contribution in [0.2, 0.25) is 0 Å². The van der Waals surface area contributed by atoms with Gasteiger partial charge < -0.3 is 9.47 Å². The Bertz CT molecular complexity index is 883. The van der Waals surface area contributed by atoms with Gasteiger partial charge >= 0.3 is 0 Å². The lowest BCUT2D eigenvalue weighted by Gasteiger charge is -2.32. The number of carbonyl (C=O) groups is 1. The third-order valence-corrected chi connectivity index (χ3v) is 5.49. The molecule has 1 amide bonds. The van der Waals surface area contributed by atoms with Gasteiger partial charge in [-0.2, -0.15) is 0 Å². The number of nitrogens with zero attached hydrogens (tertiary/aromatic N) is 6. The number of hydrogen-bond donors (Lipinski definition) is 0. The van der Waals surface area contributed by atoms with E-state index in [1.54, 1.807) is 17.5 Å². The summed E-state index contributed by atoms with van der Waals surface area (Å²) in [5, 5.41) is 2.06. The van der Waals surface area contributed by atoms with Crippen LogP contribution in [0.3, 0.4) is 0 Å². The Hall–Kier alpha value is -2.61. The highest BCUT2D eigenvalue weighted by atomic mass is 32.1. The van der Waals surface area contributed by atoms with Crippen LogP contribution in [0.15, 0.2) is 35.8 Å². The zero-order valence-electron chi connectivity index (χ0n) is 14.6. The molecule has 0 aliphatic carbocycles. The van der Waals surface area contributed by atoms with Crippen LogP contribution in [-0.4, -0.2) is 48.4 Å². The summed E-state index contributed by atoms with van der Waals surface area (Å²) < 4.78 is 2.17. The van der Waals surface area contributed by atoms with Crippen molar-refractivity contribution in [1.29, 1.82) is 0 Å². The van der Waals surface area contributed by atoms with Gasteiger partial charge in [0.25, 0.3) is 5.91 Å². The molecule has 7 nitrogen and oxygen atoms in total. The van der Waals surface area contributed by atoms with Crippen LogP contribution in [0.1, 0.15) is 46.3 Å². The molecule has 1 fully saturated rings. The van der Waals surface area contributed by atoms with Crippen molar-refractivity contribution in [2.75, 3.05) is 13.1 Å². The first-order valence-electron chi connectivity index (χ1n) is 8.66. The van der Waals surface area contributed by atoms with Crippen LogP contribution < -0.4 is 0 Å². The Morgan fingerprint density at radius 3 is 2.85 bits per heavy atom. The smallest absolute Gasteiger partial charge is 0.257 e. The fourth-order valence-corrected chi connectivity index (χ4v) is 3.97. The Kier molecular flexibility index (Phi) is 4.75. The van der Waals surface area contributed by atoms with E-state index in [1.807, 2.05) is 29.7 Å². The molecule has 0 N–H and O–H groups in total. The highest BCUT2D eigenvalue weighted by Gasteiger charge is 2.27. The fraction of sp³-hybridized carbons (Fsp3) is 0.389. The molecule has 0 radical (unpaired) electrons. The first-order valence-corrected chi connectivity index (χ1v) is 9.60. The molecule has 0 bridgehead atoms. The number of carbonyl (C=O) groups excluding carboxylic acids is 1. The summed E-state index contributed by atoms with van der Waals surface area (Å²) >= 11 is 1.61. The van der Waals surface area contributed by atoms with E-state index in [9.17, 15) is 4.79 Å². The number of rotatable bonds is 4. The average Bonchev–Trinajstić information content (AvgIpc) is 3.34. The van der Waals surface area contributed by atoms with Crippen LogP contribution in [-0.2, 0) is 6.54 Å². The van der Waals surface area contributed by atoms with Gasteiger partial charge in [-0.15, -0.1) is 11.3 Å². The minimum absolute atomic E-state index is 0.0207. The minimum Gasteiger partial charge on any atom is -0.338 e. The molecule has 3 aromatic heterocycles. The van der Waals surface area contributed by atoms with Crippen molar-refractivity contribution in [1.82, 2.24) is 29.4 Å². The summed E-state index contributed by atoms with van der Waals surface area (Å²) in [5.41, 5.74) is 4.23. The fourth-order valence-electron chi connectivity index (χ4n) is 3.42. The topological polar surface area (TPSA) is 76.8 Å². The number of thiazole rings is 1. The maximum Gasteiger partial charge on any atom is 0.257 e. The zero-order chi connectivity index (χ0) is 17.9. The molecular formula is C18H20N6OS. The van der Waals surface area contributed by atoms with Crippen molar-refractivity contribution in [3.8, 4) is 0 Å². The van der Waals surface area contributed by atoms with Crippen molar-refractivity contribution < 1.29 is 4.79 Å². The Morgan fingerprint density at radius 2 is 2.12 bits per heavy atom. The summed E-state index contributed by atoms with van der Waals surface area (Å²) in [6, 6.07) is 0. The van der Waals surface area contributed by atoms with Crippen LogP contribution >= 0.6 is 11.3 Å². The number of aryl methyl sites for hydroxylation is 1. The molecule has 0 aromatic carbocycles. The Labute approximate surface area is 155 Å². The van der Waals surface area contributed by atoms with Crippen LogP contribution in [0.4, 0.5) is 0 Å². The molecule has 4 heterocycles. The quantitative estimate of drug-likeness (QED) is 0.707. The second-order valence-electron chi connectivity index (χ2n) is 6.48. The molecule has 134 valence electrons. The van der Waals surface area contributed by atoms with Gasteiger partial charge in [0.2, 0.25) is 0 Å². The standard InChI is InChI=1S/C18H20N6OS/c1-13-16(8-19-11-21-13)18(25)23-5-2-14(3-6-23)17-20-4-7-24(17)9-15-10-26-12-22-15/h4,7-8,10-12,14H,2-3,5-6,9H2,1H3. The maximum absolute atomic E-state index is 12.7. The SMILES string of the molecule is Cc1ncncc1C(=O)N1CCC(c2nccn2Cc2cscn2)CC1. The first-order chi connectivity index (χ1) is 12.7. The molecule has 0 spiro atoms. The summed E-state index contributed by atoms with van der Waals surface area (Å²) in [5.74, 6) is 1.47. The van der Waals surface area contributed by atoms with E-state index in [0.717, 1.165) is 49.7 Å². The van der Waals surface area contributed by atoms with Gasteiger partial charge in [0, 0.05) is 43.0 Å². The van der Waals surface area contributed by atoms with Gasteiger partial charge in [-0.3, -0.25) is 4.79 Å². The summed E-state index contributed by atoms with van der Waals surface area (Å²) in [6.45, 7) is 4.04. The van der Waals surface area contributed by atoms with E-state index in [4.69, 9.17) is 0 Å². The highest BCUT2D eigenvalue weighted by Crippen LogP contribution is 2.28. The van der Waals surface area contributed by atoms with Gasteiger partial charge in [0.15, 0.2) is 0 Å². The zero-order valence-corrected chi connectivity index (χ0v) is 15.4. The molecular weight excluding hydrogens is 348 g/mol. The van der Waals surface area contributed by atoms with Crippen molar-refractivity contribution in [3.05, 3.63) is 58.6 Å². The number of imidazole rings is 1. The molecule has 0 atom stereocenters. The second kappa shape index (κ2) is 7.33. The molecule has 0 saturated carbocycles. The van der Waals surface area contributed by atoms with Crippen LogP contribution in [0.5, 0.6) is 0 Å². The summed E-state index contributed by atoms with van der Waals surface area (Å²) in [6.07, 6.45) is 8.76. The van der Waals surface area contributed by atoms with Gasteiger partial charge in [-0.05, 0) is 19.8 Å². The Morgan fingerprint density at radius 1 is 1.27 bits per heavy atom. The van der Waals surface area contributed by atoms with Gasteiger partial charge in [-0.1, -0.05) is 0 Å². The van der Waals surface area contributed by atoms with E-state index in [-0.39, 0.29) is 5.91 Å². The van der Waals surface area contributed by atoms with Crippen molar-refractivity contribution in [2.45, 2.75) is 32.2 Å². The predicted octanol–water partition coefficient (Wildman–Crippen LogP) is 2.51. The lowest BCUT2D eigenvalue weighted by atomic mass is 9.95. The van der Waals surface area contributed by atoms with Crippen molar-refractivity contribution in [2.24, 2.45) is 0 Å². The summed E-state index contributed by atoms with van der Waals surface area (Å²) in [7, 11) is 0. The molecule has 3 aromatic rings. The maximum atomic E-state index is 12.7. The molecule has 1 aliphatic heterocycles. The first kappa shape index (κ1) is 16.8. The van der Waals surface area contributed by atoms with Crippen molar-refractivity contribution in [3.63, 3.8) is 0 Å². The minimum atomic E-state index is 0.0207. The molecule has 26 heavy (non-hydrogen) atoms.